The van der Waals surface area contributed by atoms with Crippen LogP contribution in [-0.4, -0.2) is 36.4 Å². The van der Waals surface area contributed by atoms with Crippen LogP contribution in [0.15, 0.2) is 0 Å². The van der Waals surface area contributed by atoms with Crippen molar-refractivity contribution in [1.82, 2.24) is 4.90 Å². The van der Waals surface area contributed by atoms with Gasteiger partial charge in [0, 0.05) is 25.0 Å². The third-order valence-electron chi connectivity index (χ3n) is 2.66. The largest absolute Gasteiger partial charge is 0.328 e. The van der Waals surface area contributed by atoms with E-state index in [-0.39, 0.29) is 5.92 Å². The molecule has 13 heavy (non-hydrogen) atoms. The zero-order valence-corrected chi connectivity index (χ0v) is 8.62. The Kier molecular flexibility index (Phi) is 3.88. The lowest BCUT2D eigenvalue weighted by molar-refractivity contribution is -0.123. The molecule has 1 fully saturated rings. The van der Waals surface area contributed by atoms with Crippen molar-refractivity contribution in [2.75, 3.05) is 19.6 Å². The van der Waals surface area contributed by atoms with Crippen molar-refractivity contribution in [1.29, 1.82) is 0 Å². The topological polar surface area (TPSA) is 46.3 Å². The van der Waals surface area contributed by atoms with Gasteiger partial charge in [-0.1, -0.05) is 13.8 Å². The molecule has 0 bridgehead atoms. The first-order valence-corrected chi connectivity index (χ1v) is 5.10. The van der Waals surface area contributed by atoms with Gasteiger partial charge < -0.3 is 5.73 Å². The number of piperidine rings is 1. The molecule has 3 nitrogen and oxygen atoms in total. The van der Waals surface area contributed by atoms with E-state index in [1.807, 2.05) is 13.8 Å². The van der Waals surface area contributed by atoms with E-state index in [1.54, 1.807) is 0 Å². The number of carbonyl (C=O) groups is 1. The molecule has 1 heterocycles. The lowest BCUT2D eigenvalue weighted by Gasteiger charge is -2.29. The normalized spacial score (nSPS) is 20.9. The van der Waals surface area contributed by atoms with Crippen molar-refractivity contribution >= 4 is 5.78 Å². The highest BCUT2D eigenvalue weighted by molar-refractivity contribution is 5.82. The standard InChI is InChI=1S/C10H20N2O/c1-8(2)10(13)7-12-5-3-9(11)4-6-12/h8-9H,3-7,11H2,1-2H3. The van der Waals surface area contributed by atoms with Crippen LogP contribution < -0.4 is 5.73 Å². The van der Waals surface area contributed by atoms with Gasteiger partial charge in [0.2, 0.25) is 0 Å². The minimum absolute atomic E-state index is 0.163. The zero-order chi connectivity index (χ0) is 9.84. The molecule has 3 heteroatoms. The Balaban J connectivity index is 2.26. The molecule has 0 aromatic carbocycles. The number of nitrogens with zero attached hydrogens (tertiary/aromatic N) is 1. The van der Waals surface area contributed by atoms with E-state index >= 15 is 0 Å². The van der Waals surface area contributed by atoms with Gasteiger partial charge in [-0.15, -0.1) is 0 Å². The zero-order valence-electron chi connectivity index (χ0n) is 8.62. The van der Waals surface area contributed by atoms with E-state index < -0.39 is 0 Å². The molecule has 0 amide bonds. The third-order valence-corrected chi connectivity index (χ3v) is 2.66. The van der Waals surface area contributed by atoms with Crippen LogP contribution in [-0.2, 0) is 4.79 Å². The average molecular weight is 184 g/mol. The SMILES string of the molecule is CC(C)C(=O)CN1CCC(N)CC1. The van der Waals surface area contributed by atoms with Gasteiger partial charge in [-0.05, 0) is 12.8 Å². The van der Waals surface area contributed by atoms with Gasteiger partial charge >= 0.3 is 0 Å². The second kappa shape index (κ2) is 4.72. The molecule has 0 aliphatic carbocycles. The smallest absolute Gasteiger partial charge is 0.149 e. The molecule has 0 aromatic rings. The van der Waals surface area contributed by atoms with Gasteiger partial charge in [0.05, 0.1) is 6.54 Å². The first-order chi connectivity index (χ1) is 6.09. The maximum absolute atomic E-state index is 11.4. The van der Waals surface area contributed by atoms with Crippen LogP contribution in [0.1, 0.15) is 26.7 Å². The minimum Gasteiger partial charge on any atom is -0.328 e. The van der Waals surface area contributed by atoms with Gasteiger partial charge in [-0.3, -0.25) is 9.69 Å². The predicted octanol–water partition coefficient (Wildman–Crippen LogP) is 0.635. The van der Waals surface area contributed by atoms with Crippen LogP contribution in [0.3, 0.4) is 0 Å². The molecule has 1 saturated heterocycles. The third kappa shape index (κ3) is 3.44. The number of ketones is 1. The van der Waals surface area contributed by atoms with Gasteiger partial charge in [0.15, 0.2) is 0 Å². The van der Waals surface area contributed by atoms with Gasteiger partial charge in [-0.25, -0.2) is 0 Å². The summed E-state index contributed by atoms with van der Waals surface area (Å²) >= 11 is 0. The van der Waals surface area contributed by atoms with Crippen LogP contribution >= 0.6 is 0 Å². The second-order valence-electron chi connectivity index (χ2n) is 4.23. The quantitative estimate of drug-likeness (QED) is 0.700. The van der Waals surface area contributed by atoms with Crippen LogP contribution in [0.5, 0.6) is 0 Å². The van der Waals surface area contributed by atoms with Crippen molar-refractivity contribution in [3.05, 3.63) is 0 Å². The lowest BCUT2D eigenvalue weighted by atomic mass is 10.0. The highest BCUT2D eigenvalue weighted by Crippen LogP contribution is 2.08. The molecule has 0 saturated carbocycles. The fourth-order valence-electron chi connectivity index (χ4n) is 1.51. The number of hydrogen-bond acceptors (Lipinski definition) is 3. The molecule has 1 aliphatic heterocycles. The number of rotatable bonds is 3. The predicted molar refractivity (Wildman–Crippen MR) is 53.5 cm³/mol. The molecule has 1 rings (SSSR count). The van der Waals surface area contributed by atoms with Gasteiger partial charge in [0.25, 0.3) is 0 Å². The van der Waals surface area contributed by atoms with Gasteiger partial charge in [-0.2, -0.15) is 0 Å². The molecule has 76 valence electrons. The van der Waals surface area contributed by atoms with Crippen LogP contribution in [0.25, 0.3) is 0 Å². The molecular formula is C10H20N2O. The van der Waals surface area contributed by atoms with Crippen molar-refractivity contribution in [2.45, 2.75) is 32.7 Å². The van der Waals surface area contributed by atoms with Crippen molar-refractivity contribution in [2.24, 2.45) is 11.7 Å². The molecule has 0 atom stereocenters. The summed E-state index contributed by atoms with van der Waals surface area (Å²) in [6.45, 7) is 6.50. The summed E-state index contributed by atoms with van der Waals surface area (Å²) in [6.07, 6.45) is 2.07. The summed E-state index contributed by atoms with van der Waals surface area (Å²) < 4.78 is 0. The molecule has 0 radical (unpaired) electrons. The maximum atomic E-state index is 11.4. The number of hydrogen-bond donors (Lipinski definition) is 1. The molecular weight excluding hydrogens is 164 g/mol. The molecule has 0 spiro atoms. The molecule has 0 unspecified atom stereocenters. The number of carbonyl (C=O) groups excluding carboxylic acids is 1. The Hall–Kier alpha value is -0.410. The lowest BCUT2D eigenvalue weighted by Crippen LogP contribution is -2.42. The summed E-state index contributed by atoms with van der Waals surface area (Å²) in [5.74, 6) is 0.506. The van der Waals surface area contributed by atoms with Crippen LogP contribution in [0, 0.1) is 5.92 Å². The van der Waals surface area contributed by atoms with Crippen LogP contribution in [0.2, 0.25) is 0 Å². The number of nitrogens with two attached hydrogens (primary N) is 1. The Morgan fingerprint density at radius 2 is 2.00 bits per heavy atom. The summed E-state index contributed by atoms with van der Waals surface area (Å²) in [5, 5.41) is 0. The fourth-order valence-corrected chi connectivity index (χ4v) is 1.51. The number of Topliss-reactive ketones (excluding diaryl/α,β-unsaturated/α-hetero) is 1. The first-order valence-electron chi connectivity index (χ1n) is 5.10. The summed E-state index contributed by atoms with van der Waals surface area (Å²) in [6, 6.07) is 0.352. The van der Waals surface area contributed by atoms with Crippen molar-refractivity contribution in [3.8, 4) is 0 Å². The summed E-state index contributed by atoms with van der Waals surface area (Å²) in [5.41, 5.74) is 5.78. The van der Waals surface area contributed by atoms with E-state index in [0.29, 0.717) is 18.4 Å². The molecule has 0 aromatic heterocycles. The molecule has 2 N–H and O–H groups in total. The minimum atomic E-state index is 0.163. The van der Waals surface area contributed by atoms with E-state index in [0.717, 1.165) is 25.9 Å². The van der Waals surface area contributed by atoms with E-state index in [9.17, 15) is 4.79 Å². The Bertz CT molecular complexity index is 172. The molecule has 1 aliphatic rings. The average Bonchev–Trinajstić information content (AvgIpc) is 2.08. The van der Waals surface area contributed by atoms with E-state index in [1.165, 1.54) is 0 Å². The van der Waals surface area contributed by atoms with Crippen molar-refractivity contribution < 1.29 is 4.79 Å². The second-order valence-corrected chi connectivity index (χ2v) is 4.23. The van der Waals surface area contributed by atoms with Crippen molar-refractivity contribution in [3.63, 3.8) is 0 Å². The monoisotopic (exact) mass is 184 g/mol. The highest BCUT2D eigenvalue weighted by Gasteiger charge is 2.18. The summed E-state index contributed by atoms with van der Waals surface area (Å²) in [7, 11) is 0. The summed E-state index contributed by atoms with van der Waals surface area (Å²) in [4.78, 5) is 13.6. The highest BCUT2D eigenvalue weighted by atomic mass is 16.1. The Labute approximate surface area is 80.3 Å². The van der Waals surface area contributed by atoms with Crippen LogP contribution in [0.4, 0.5) is 0 Å². The van der Waals surface area contributed by atoms with Gasteiger partial charge in [0.1, 0.15) is 5.78 Å². The van der Waals surface area contributed by atoms with E-state index in [2.05, 4.69) is 4.90 Å². The Morgan fingerprint density at radius 3 is 2.46 bits per heavy atom. The van der Waals surface area contributed by atoms with E-state index in [4.69, 9.17) is 5.73 Å². The Morgan fingerprint density at radius 1 is 1.46 bits per heavy atom. The number of likely N-dealkylation sites (tertiary alicyclic amines) is 1. The first kappa shape index (κ1) is 10.7. The fraction of sp³-hybridized carbons (Fsp3) is 0.900. The maximum Gasteiger partial charge on any atom is 0.149 e.